The predicted octanol–water partition coefficient (Wildman–Crippen LogP) is 4.84. The number of nitrogens with one attached hydrogen (secondary N) is 2. The van der Waals surface area contributed by atoms with Gasteiger partial charge >= 0.3 is 0 Å². The van der Waals surface area contributed by atoms with Gasteiger partial charge in [0.2, 0.25) is 0 Å². The molecule has 2 N–H and O–H groups in total. The fourth-order valence-electron chi connectivity index (χ4n) is 2.57. The third-order valence-electron chi connectivity index (χ3n) is 4.21. The highest BCUT2D eigenvalue weighted by Gasteiger charge is 2.08. The molecule has 1 aromatic heterocycles. The van der Waals surface area contributed by atoms with E-state index in [-0.39, 0.29) is 11.7 Å². The van der Waals surface area contributed by atoms with Crippen LogP contribution in [0.1, 0.15) is 40.1 Å². The summed E-state index contributed by atoms with van der Waals surface area (Å²) < 4.78 is 0. The Morgan fingerprint density at radius 2 is 1.48 bits per heavy atom. The molecule has 5 heteroatoms. The van der Waals surface area contributed by atoms with Crippen molar-refractivity contribution in [3.8, 4) is 0 Å². The van der Waals surface area contributed by atoms with E-state index in [1.807, 2.05) is 12.1 Å². The molecule has 0 saturated carbocycles. The molecule has 0 aliphatic heterocycles. The largest absolute Gasteiger partial charge is 0.340 e. The molecule has 0 saturated heterocycles. The van der Waals surface area contributed by atoms with E-state index < -0.39 is 0 Å². The van der Waals surface area contributed by atoms with E-state index >= 15 is 0 Å². The number of hydrogen-bond donors (Lipinski definition) is 2. The fourth-order valence-corrected chi connectivity index (χ4v) is 2.57. The van der Waals surface area contributed by atoms with Gasteiger partial charge in [0.05, 0.1) is 5.56 Å². The van der Waals surface area contributed by atoms with Crippen molar-refractivity contribution >= 4 is 28.9 Å². The molecule has 0 bridgehead atoms. The molecule has 2 aromatic carbocycles. The van der Waals surface area contributed by atoms with Gasteiger partial charge in [0, 0.05) is 23.1 Å². The summed E-state index contributed by atoms with van der Waals surface area (Å²) in [5, 5.41) is 6.01. The summed E-state index contributed by atoms with van der Waals surface area (Å²) in [6.07, 6.45) is 2.53. The summed E-state index contributed by atoms with van der Waals surface area (Å²) in [7, 11) is 0. The summed E-state index contributed by atoms with van der Waals surface area (Å²) in [5.41, 5.74) is 3.91. The van der Waals surface area contributed by atoms with Gasteiger partial charge in [-0.05, 0) is 67.4 Å². The van der Waals surface area contributed by atoms with E-state index in [2.05, 4.69) is 34.7 Å². The fraction of sp³-hybridized carbons (Fsp3) is 0.136. The van der Waals surface area contributed by atoms with Crippen LogP contribution in [0.2, 0.25) is 0 Å². The monoisotopic (exact) mass is 359 g/mol. The third kappa shape index (κ3) is 4.79. The zero-order valence-corrected chi connectivity index (χ0v) is 15.3. The third-order valence-corrected chi connectivity index (χ3v) is 4.21. The second-order valence-electron chi connectivity index (χ2n) is 6.20. The predicted molar refractivity (Wildman–Crippen MR) is 108 cm³/mol. The molecule has 27 heavy (non-hydrogen) atoms. The van der Waals surface area contributed by atoms with E-state index in [1.54, 1.807) is 36.4 Å². The van der Waals surface area contributed by atoms with Gasteiger partial charge in [-0.2, -0.15) is 0 Å². The number of benzene rings is 2. The number of carbonyl (C=O) groups excluding carboxylic acids is 2. The average molecular weight is 359 g/mol. The van der Waals surface area contributed by atoms with E-state index in [0.717, 1.165) is 12.1 Å². The minimum atomic E-state index is -0.253. The van der Waals surface area contributed by atoms with Crippen molar-refractivity contribution in [1.29, 1.82) is 0 Å². The highest BCUT2D eigenvalue weighted by atomic mass is 16.1. The van der Waals surface area contributed by atoms with Crippen molar-refractivity contribution in [3.05, 3.63) is 83.6 Å². The highest BCUT2D eigenvalue weighted by Crippen LogP contribution is 2.17. The first-order valence-corrected chi connectivity index (χ1v) is 8.79. The number of hydrogen-bond acceptors (Lipinski definition) is 4. The maximum Gasteiger partial charge on any atom is 0.257 e. The summed E-state index contributed by atoms with van der Waals surface area (Å²) >= 11 is 0. The standard InChI is InChI=1S/C22H21N3O2/c1-3-16-4-9-19(10-5-16)24-21-13-8-18(14-23-21)22(27)25-20-11-6-17(7-12-20)15(2)26/h4-14H,3H2,1-2H3,(H,23,24)(H,25,27). The van der Waals surface area contributed by atoms with Crippen LogP contribution in [0.5, 0.6) is 0 Å². The van der Waals surface area contributed by atoms with Crippen LogP contribution in [0.3, 0.4) is 0 Å². The molecule has 0 radical (unpaired) electrons. The lowest BCUT2D eigenvalue weighted by atomic mass is 10.1. The molecular formula is C22H21N3O2. The maximum absolute atomic E-state index is 12.3. The van der Waals surface area contributed by atoms with Crippen LogP contribution in [-0.4, -0.2) is 16.7 Å². The molecule has 1 heterocycles. The van der Waals surface area contributed by atoms with Gasteiger partial charge in [-0.25, -0.2) is 4.98 Å². The molecule has 0 aliphatic rings. The SMILES string of the molecule is CCc1ccc(Nc2ccc(C(=O)Nc3ccc(C(C)=O)cc3)cn2)cc1. The van der Waals surface area contributed by atoms with Crippen LogP contribution in [0, 0.1) is 0 Å². The Balaban J connectivity index is 1.63. The number of ketones is 1. The van der Waals surface area contributed by atoms with E-state index in [1.165, 1.54) is 18.7 Å². The maximum atomic E-state index is 12.3. The van der Waals surface area contributed by atoms with Gasteiger partial charge in [0.15, 0.2) is 5.78 Å². The Kier molecular flexibility index (Phi) is 5.61. The summed E-state index contributed by atoms with van der Waals surface area (Å²) in [6, 6.07) is 18.4. The number of anilines is 3. The Morgan fingerprint density at radius 1 is 0.852 bits per heavy atom. The van der Waals surface area contributed by atoms with E-state index in [4.69, 9.17) is 0 Å². The second-order valence-corrected chi connectivity index (χ2v) is 6.20. The molecule has 3 rings (SSSR count). The molecule has 0 fully saturated rings. The Labute approximate surface area is 158 Å². The van der Waals surface area contributed by atoms with Gasteiger partial charge in [-0.3, -0.25) is 9.59 Å². The molecule has 0 unspecified atom stereocenters. The minimum Gasteiger partial charge on any atom is -0.340 e. The lowest BCUT2D eigenvalue weighted by Gasteiger charge is -2.08. The molecule has 0 aliphatic carbocycles. The number of amides is 1. The van der Waals surface area contributed by atoms with Gasteiger partial charge in [-0.15, -0.1) is 0 Å². The summed E-state index contributed by atoms with van der Waals surface area (Å²) in [4.78, 5) is 27.9. The Morgan fingerprint density at radius 3 is 2.04 bits per heavy atom. The van der Waals surface area contributed by atoms with Crippen LogP contribution in [-0.2, 0) is 6.42 Å². The second kappa shape index (κ2) is 8.27. The number of pyridine rings is 1. The van der Waals surface area contributed by atoms with Crippen molar-refractivity contribution in [1.82, 2.24) is 4.98 Å². The van der Waals surface area contributed by atoms with Crippen molar-refractivity contribution in [2.24, 2.45) is 0 Å². The van der Waals surface area contributed by atoms with Crippen LogP contribution in [0.15, 0.2) is 66.9 Å². The molecule has 136 valence electrons. The smallest absolute Gasteiger partial charge is 0.257 e. The molecule has 3 aromatic rings. The first-order valence-electron chi connectivity index (χ1n) is 8.79. The van der Waals surface area contributed by atoms with E-state index in [0.29, 0.717) is 22.6 Å². The Bertz CT molecular complexity index is 931. The molecular weight excluding hydrogens is 338 g/mol. The lowest BCUT2D eigenvalue weighted by molar-refractivity contribution is 0.101. The quantitative estimate of drug-likeness (QED) is 0.618. The van der Waals surface area contributed by atoms with Crippen LogP contribution in [0.25, 0.3) is 0 Å². The number of rotatable bonds is 6. The normalized spacial score (nSPS) is 10.3. The highest BCUT2D eigenvalue weighted by molar-refractivity contribution is 6.04. The zero-order valence-electron chi connectivity index (χ0n) is 15.3. The van der Waals surface area contributed by atoms with Crippen molar-refractivity contribution < 1.29 is 9.59 Å². The van der Waals surface area contributed by atoms with Gasteiger partial charge < -0.3 is 10.6 Å². The van der Waals surface area contributed by atoms with Gasteiger partial charge in [-0.1, -0.05) is 19.1 Å². The molecule has 1 amide bonds. The molecule has 0 atom stereocenters. The topological polar surface area (TPSA) is 71.1 Å². The van der Waals surface area contributed by atoms with Gasteiger partial charge in [0.25, 0.3) is 5.91 Å². The Hall–Kier alpha value is -3.47. The number of carbonyl (C=O) groups is 2. The average Bonchev–Trinajstić information content (AvgIpc) is 2.69. The van der Waals surface area contributed by atoms with Crippen molar-refractivity contribution in [3.63, 3.8) is 0 Å². The van der Waals surface area contributed by atoms with E-state index in [9.17, 15) is 9.59 Å². The van der Waals surface area contributed by atoms with Crippen molar-refractivity contribution in [2.45, 2.75) is 20.3 Å². The zero-order chi connectivity index (χ0) is 19.2. The summed E-state index contributed by atoms with van der Waals surface area (Å²) in [6.45, 7) is 3.62. The number of Topliss-reactive ketones (excluding diaryl/α,β-unsaturated/α-hetero) is 1. The number of aryl methyl sites for hydroxylation is 1. The van der Waals surface area contributed by atoms with Crippen LogP contribution >= 0.6 is 0 Å². The number of aromatic nitrogens is 1. The first kappa shape index (κ1) is 18.3. The molecule has 0 spiro atoms. The van der Waals surface area contributed by atoms with Crippen LogP contribution in [0.4, 0.5) is 17.2 Å². The molecule has 5 nitrogen and oxygen atoms in total. The summed E-state index contributed by atoms with van der Waals surface area (Å²) in [5.74, 6) is 0.406. The van der Waals surface area contributed by atoms with Crippen LogP contribution < -0.4 is 10.6 Å². The first-order chi connectivity index (χ1) is 13.0. The lowest BCUT2D eigenvalue weighted by Crippen LogP contribution is -2.12. The van der Waals surface area contributed by atoms with Gasteiger partial charge in [0.1, 0.15) is 5.82 Å². The number of nitrogens with zero attached hydrogens (tertiary/aromatic N) is 1. The van der Waals surface area contributed by atoms with Crippen molar-refractivity contribution in [2.75, 3.05) is 10.6 Å². The minimum absolute atomic E-state index is 0.00972.